The molecule has 1 rings (SSSR count). The van der Waals surface area contributed by atoms with Gasteiger partial charge in [-0.25, -0.2) is 4.98 Å². The van der Waals surface area contributed by atoms with Gasteiger partial charge in [0.15, 0.2) is 0 Å². The molecule has 0 aliphatic heterocycles. The average molecular weight is 283 g/mol. The van der Waals surface area contributed by atoms with E-state index in [1.807, 2.05) is 4.90 Å². The van der Waals surface area contributed by atoms with Gasteiger partial charge in [-0.15, -0.1) is 0 Å². The number of amides is 1. The second kappa shape index (κ2) is 7.49. The lowest BCUT2D eigenvalue weighted by Crippen LogP contribution is -2.42. The van der Waals surface area contributed by atoms with Gasteiger partial charge >= 0.3 is 0 Å². The van der Waals surface area contributed by atoms with E-state index in [9.17, 15) is 4.79 Å². The van der Waals surface area contributed by atoms with E-state index in [1.165, 1.54) is 0 Å². The number of pyridine rings is 1. The zero-order chi connectivity index (χ0) is 14.4. The van der Waals surface area contributed by atoms with Crippen molar-refractivity contribution in [2.45, 2.75) is 46.6 Å². The Bertz CT molecular complexity index is 416. The van der Waals surface area contributed by atoms with E-state index in [2.05, 4.69) is 32.7 Å². The highest BCUT2D eigenvalue weighted by molar-refractivity contribution is 6.29. The molecule has 1 amide bonds. The lowest BCUT2D eigenvalue weighted by molar-refractivity contribution is 0.0634. The molecular formula is C15H23ClN2O. The van der Waals surface area contributed by atoms with Crippen LogP contribution in [0.15, 0.2) is 18.2 Å². The highest BCUT2D eigenvalue weighted by Gasteiger charge is 2.24. The summed E-state index contributed by atoms with van der Waals surface area (Å²) >= 11 is 5.86. The molecule has 4 heteroatoms. The fourth-order valence-electron chi connectivity index (χ4n) is 2.20. The maximum atomic E-state index is 12.6. The molecule has 1 heterocycles. The van der Waals surface area contributed by atoms with Gasteiger partial charge in [0.25, 0.3) is 5.91 Å². The van der Waals surface area contributed by atoms with Crippen molar-refractivity contribution < 1.29 is 4.79 Å². The number of hydrogen-bond donors (Lipinski definition) is 0. The molecule has 1 aromatic rings. The van der Waals surface area contributed by atoms with Crippen LogP contribution in [-0.4, -0.2) is 28.4 Å². The Morgan fingerprint density at radius 1 is 1.32 bits per heavy atom. The van der Waals surface area contributed by atoms with E-state index >= 15 is 0 Å². The Morgan fingerprint density at radius 3 is 2.42 bits per heavy atom. The molecular weight excluding hydrogens is 260 g/mol. The van der Waals surface area contributed by atoms with E-state index < -0.39 is 0 Å². The smallest absolute Gasteiger partial charge is 0.272 e. The van der Waals surface area contributed by atoms with Crippen LogP contribution in [0.5, 0.6) is 0 Å². The van der Waals surface area contributed by atoms with Crippen molar-refractivity contribution in [3.05, 3.63) is 29.0 Å². The van der Waals surface area contributed by atoms with Crippen molar-refractivity contribution in [3.8, 4) is 0 Å². The molecule has 0 unspecified atom stereocenters. The van der Waals surface area contributed by atoms with Gasteiger partial charge in [-0.2, -0.15) is 0 Å². The molecule has 0 bridgehead atoms. The summed E-state index contributed by atoms with van der Waals surface area (Å²) in [6, 6.07) is 5.44. The molecule has 0 fully saturated rings. The highest BCUT2D eigenvalue weighted by Crippen LogP contribution is 2.16. The molecule has 0 atom stereocenters. The Morgan fingerprint density at radius 2 is 1.95 bits per heavy atom. The lowest BCUT2D eigenvalue weighted by Gasteiger charge is -2.31. The van der Waals surface area contributed by atoms with Gasteiger partial charge in [-0.05, 0) is 30.9 Å². The molecule has 1 aromatic heterocycles. The average Bonchev–Trinajstić information content (AvgIpc) is 2.37. The van der Waals surface area contributed by atoms with Gasteiger partial charge in [-0.3, -0.25) is 4.79 Å². The third kappa shape index (κ3) is 4.50. The van der Waals surface area contributed by atoms with Gasteiger partial charge < -0.3 is 4.90 Å². The molecule has 0 N–H and O–H groups in total. The van der Waals surface area contributed by atoms with Gasteiger partial charge in [-0.1, -0.05) is 45.4 Å². The number of rotatable bonds is 6. The number of nitrogens with zero attached hydrogens (tertiary/aromatic N) is 2. The molecule has 0 saturated carbocycles. The molecule has 0 saturated heterocycles. The molecule has 0 aromatic carbocycles. The summed E-state index contributed by atoms with van der Waals surface area (Å²) in [7, 11) is 0. The molecule has 19 heavy (non-hydrogen) atoms. The fraction of sp³-hybridized carbons (Fsp3) is 0.600. The van der Waals surface area contributed by atoms with Crippen LogP contribution in [0.1, 0.15) is 51.0 Å². The van der Waals surface area contributed by atoms with E-state index in [4.69, 9.17) is 11.6 Å². The monoisotopic (exact) mass is 282 g/mol. The third-order valence-corrected chi connectivity index (χ3v) is 3.35. The first-order valence-electron chi connectivity index (χ1n) is 6.93. The van der Waals surface area contributed by atoms with Crippen LogP contribution < -0.4 is 0 Å². The maximum Gasteiger partial charge on any atom is 0.272 e. The van der Waals surface area contributed by atoms with Crippen molar-refractivity contribution in [2.24, 2.45) is 5.92 Å². The topological polar surface area (TPSA) is 33.2 Å². The predicted molar refractivity (Wildman–Crippen MR) is 79.5 cm³/mol. The van der Waals surface area contributed by atoms with Crippen LogP contribution in [0.4, 0.5) is 0 Å². The lowest BCUT2D eigenvalue weighted by atomic mass is 10.1. The van der Waals surface area contributed by atoms with Crippen LogP contribution in [0, 0.1) is 5.92 Å². The van der Waals surface area contributed by atoms with Crippen LogP contribution in [-0.2, 0) is 0 Å². The van der Waals surface area contributed by atoms with Gasteiger partial charge in [0.05, 0.1) is 0 Å². The van der Waals surface area contributed by atoms with Gasteiger partial charge in [0.2, 0.25) is 0 Å². The minimum absolute atomic E-state index is 0.0232. The summed E-state index contributed by atoms with van der Waals surface area (Å²) in [5.74, 6) is 0.411. The third-order valence-electron chi connectivity index (χ3n) is 3.14. The van der Waals surface area contributed by atoms with E-state index in [1.54, 1.807) is 18.2 Å². The molecule has 0 spiro atoms. The second-order valence-corrected chi connectivity index (χ2v) is 5.55. The summed E-state index contributed by atoms with van der Waals surface area (Å²) in [5.41, 5.74) is 0.431. The minimum Gasteiger partial charge on any atom is -0.334 e. The summed E-state index contributed by atoms with van der Waals surface area (Å²) in [5, 5.41) is 0.361. The minimum atomic E-state index is -0.0232. The summed E-state index contributed by atoms with van der Waals surface area (Å²) in [6.45, 7) is 9.21. The Labute approximate surface area is 121 Å². The Kier molecular flexibility index (Phi) is 6.29. The fourth-order valence-corrected chi connectivity index (χ4v) is 2.36. The Hall–Kier alpha value is -1.09. The van der Waals surface area contributed by atoms with Crippen molar-refractivity contribution in [3.63, 3.8) is 0 Å². The summed E-state index contributed by atoms with van der Waals surface area (Å²) < 4.78 is 0. The normalized spacial score (nSPS) is 11.1. The van der Waals surface area contributed by atoms with Crippen LogP contribution in [0.25, 0.3) is 0 Å². The summed E-state index contributed by atoms with van der Waals surface area (Å²) in [6.07, 6.45) is 1.91. The van der Waals surface area contributed by atoms with Gasteiger partial charge in [0.1, 0.15) is 10.8 Å². The van der Waals surface area contributed by atoms with Crippen LogP contribution >= 0.6 is 11.6 Å². The number of halogens is 1. The van der Waals surface area contributed by atoms with E-state index in [0.29, 0.717) is 16.8 Å². The first-order chi connectivity index (χ1) is 8.99. The molecule has 106 valence electrons. The molecule has 0 aliphatic carbocycles. The highest BCUT2D eigenvalue weighted by atomic mass is 35.5. The largest absolute Gasteiger partial charge is 0.334 e. The van der Waals surface area contributed by atoms with Gasteiger partial charge in [0, 0.05) is 12.6 Å². The number of carbonyl (C=O) groups is 1. The molecule has 0 radical (unpaired) electrons. The first kappa shape index (κ1) is 16.0. The number of aromatic nitrogens is 1. The summed E-state index contributed by atoms with van der Waals surface area (Å²) in [4.78, 5) is 18.7. The van der Waals surface area contributed by atoms with Crippen molar-refractivity contribution >= 4 is 17.5 Å². The quantitative estimate of drug-likeness (QED) is 0.738. The molecule has 0 aliphatic rings. The SMILES string of the molecule is CCC(CC)N(CC(C)C)C(=O)c1cccc(Cl)n1. The maximum absolute atomic E-state index is 12.6. The van der Waals surface area contributed by atoms with Crippen LogP contribution in [0.2, 0.25) is 5.15 Å². The zero-order valence-electron chi connectivity index (χ0n) is 12.2. The van der Waals surface area contributed by atoms with E-state index in [0.717, 1.165) is 19.4 Å². The van der Waals surface area contributed by atoms with E-state index in [-0.39, 0.29) is 11.9 Å². The molecule has 3 nitrogen and oxygen atoms in total. The predicted octanol–water partition coefficient (Wildman–Crippen LogP) is 4.02. The Balaban J connectivity index is 2.99. The number of carbonyl (C=O) groups excluding carboxylic acids is 1. The standard InChI is InChI=1S/C15H23ClN2O/c1-5-12(6-2)18(10-11(3)4)15(19)13-8-7-9-14(16)17-13/h7-9,11-12H,5-6,10H2,1-4H3. The zero-order valence-corrected chi connectivity index (χ0v) is 12.9. The van der Waals surface area contributed by atoms with Crippen molar-refractivity contribution in [2.75, 3.05) is 6.54 Å². The van der Waals surface area contributed by atoms with Crippen LogP contribution in [0.3, 0.4) is 0 Å². The first-order valence-corrected chi connectivity index (χ1v) is 7.30. The second-order valence-electron chi connectivity index (χ2n) is 5.17. The van der Waals surface area contributed by atoms with Crippen molar-refractivity contribution in [1.82, 2.24) is 9.88 Å². The number of hydrogen-bond acceptors (Lipinski definition) is 2. The van der Waals surface area contributed by atoms with Crippen molar-refractivity contribution in [1.29, 1.82) is 0 Å².